The molecule has 0 aliphatic carbocycles. The van der Waals surface area contributed by atoms with Gasteiger partial charge in [-0.05, 0) is 31.5 Å². The van der Waals surface area contributed by atoms with Crippen molar-refractivity contribution in [1.29, 1.82) is 0 Å². The zero-order valence-corrected chi connectivity index (χ0v) is 19.2. The summed E-state index contributed by atoms with van der Waals surface area (Å²) in [5, 5.41) is 18.5. The number of aromatic nitrogens is 7. The summed E-state index contributed by atoms with van der Waals surface area (Å²) in [6.45, 7) is 4.09. The normalized spacial score (nSPS) is 11.4. The van der Waals surface area contributed by atoms with Crippen molar-refractivity contribution in [3.8, 4) is 5.69 Å². The number of carbonyl (C=O) groups excluding carboxylic acids is 1. The van der Waals surface area contributed by atoms with Crippen molar-refractivity contribution in [1.82, 2.24) is 34.6 Å². The van der Waals surface area contributed by atoms with Crippen LogP contribution in [0.25, 0.3) is 22.6 Å². The maximum Gasteiger partial charge on any atom is 0.311 e. The molecule has 3 heterocycles. The molecule has 5 rings (SSSR count). The standard InChI is InChI=1S/C23H21N7O2S/c1-14-7-9-17(10-8-14)29-21-20(18(27-29)12-19(31)32-3)25-26-22-24-23(28-30(21)22)33-13-16-6-4-5-15(2)11-16/h4-11H,12-13H2,1-3H3. The molecular formula is C23H21N7O2S. The minimum Gasteiger partial charge on any atom is -0.469 e. The molecule has 10 heteroatoms. The number of hydrogen-bond donors (Lipinski definition) is 0. The first-order valence-corrected chi connectivity index (χ1v) is 11.3. The van der Waals surface area contributed by atoms with Crippen LogP contribution in [0.5, 0.6) is 0 Å². The van der Waals surface area contributed by atoms with Crippen LogP contribution >= 0.6 is 11.8 Å². The Morgan fingerprint density at radius 3 is 2.61 bits per heavy atom. The van der Waals surface area contributed by atoms with Gasteiger partial charge in [0.2, 0.25) is 5.16 Å². The van der Waals surface area contributed by atoms with Gasteiger partial charge in [0.25, 0.3) is 5.78 Å². The Labute approximate surface area is 193 Å². The fourth-order valence-corrected chi connectivity index (χ4v) is 4.29. The Balaban J connectivity index is 1.60. The van der Waals surface area contributed by atoms with Crippen molar-refractivity contribution in [2.75, 3.05) is 7.11 Å². The zero-order chi connectivity index (χ0) is 22.9. The molecule has 3 aromatic heterocycles. The van der Waals surface area contributed by atoms with Crippen LogP contribution in [0, 0.1) is 13.8 Å². The molecule has 0 aliphatic heterocycles. The molecule has 0 fully saturated rings. The van der Waals surface area contributed by atoms with Gasteiger partial charge in [-0.2, -0.15) is 14.6 Å². The first-order chi connectivity index (χ1) is 16.0. The van der Waals surface area contributed by atoms with Crippen LogP contribution in [0.2, 0.25) is 0 Å². The molecule has 5 aromatic rings. The quantitative estimate of drug-likeness (QED) is 0.281. The van der Waals surface area contributed by atoms with Crippen molar-refractivity contribution >= 4 is 34.7 Å². The van der Waals surface area contributed by atoms with Gasteiger partial charge in [-0.1, -0.05) is 59.3 Å². The van der Waals surface area contributed by atoms with E-state index in [-0.39, 0.29) is 6.42 Å². The van der Waals surface area contributed by atoms with Crippen LogP contribution in [-0.2, 0) is 21.7 Å². The second kappa shape index (κ2) is 8.62. The number of aryl methyl sites for hydroxylation is 2. The summed E-state index contributed by atoms with van der Waals surface area (Å²) in [6.07, 6.45) is -0.0181. The molecule has 0 saturated carbocycles. The number of ether oxygens (including phenoxy) is 1. The SMILES string of the molecule is COC(=O)Cc1nn(-c2ccc(C)cc2)c2c1nnc1nc(SCc3cccc(C)c3)nn12. The third-order valence-corrected chi connectivity index (χ3v) is 6.09. The summed E-state index contributed by atoms with van der Waals surface area (Å²) in [7, 11) is 1.35. The fraction of sp³-hybridized carbons (Fsp3) is 0.217. The average molecular weight is 460 g/mol. The highest BCUT2D eigenvalue weighted by molar-refractivity contribution is 7.98. The second-order valence-electron chi connectivity index (χ2n) is 7.70. The highest BCUT2D eigenvalue weighted by Gasteiger charge is 2.21. The van der Waals surface area contributed by atoms with Crippen LogP contribution in [-0.4, -0.2) is 47.7 Å². The lowest BCUT2D eigenvalue weighted by Gasteiger charge is -2.04. The number of nitrogens with zero attached hydrogens (tertiary/aromatic N) is 7. The number of fused-ring (bicyclic) bond motifs is 3. The summed E-state index contributed by atoms with van der Waals surface area (Å²) in [6, 6.07) is 16.3. The van der Waals surface area contributed by atoms with E-state index in [0.717, 1.165) is 17.0 Å². The van der Waals surface area contributed by atoms with Crippen molar-refractivity contribution in [3.05, 3.63) is 70.9 Å². The van der Waals surface area contributed by atoms with Crippen molar-refractivity contribution in [2.45, 2.75) is 31.2 Å². The van der Waals surface area contributed by atoms with Crippen LogP contribution < -0.4 is 0 Å². The monoisotopic (exact) mass is 459 g/mol. The molecule has 0 spiro atoms. The first kappa shape index (κ1) is 21.1. The van der Waals surface area contributed by atoms with Crippen LogP contribution in [0.4, 0.5) is 0 Å². The van der Waals surface area contributed by atoms with Crippen molar-refractivity contribution in [2.24, 2.45) is 0 Å². The number of rotatable bonds is 6. The Morgan fingerprint density at radius 1 is 1.03 bits per heavy atom. The molecule has 0 aliphatic rings. The Hall–Kier alpha value is -3.79. The molecule has 2 aromatic carbocycles. The molecule has 0 bridgehead atoms. The smallest absolute Gasteiger partial charge is 0.311 e. The largest absolute Gasteiger partial charge is 0.469 e. The maximum absolute atomic E-state index is 12.0. The van der Waals surface area contributed by atoms with Gasteiger partial charge in [-0.15, -0.1) is 15.3 Å². The van der Waals surface area contributed by atoms with E-state index >= 15 is 0 Å². The number of esters is 1. The summed E-state index contributed by atoms with van der Waals surface area (Å²) < 4.78 is 8.19. The van der Waals surface area contributed by atoms with Gasteiger partial charge in [-0.25, -0.2) is 4.68 Å². The van der Waals surface area contributed by atoms with E-state index in [2.05, 4.69) is 50.5 Å². The minimum atomic E-state index is -0.402. The van der Waals surface area contributed by atoms with Gasteiger partial charge in [0.05, 0.1) is 19.2 Å². The van der Waals surface area contributed by atoms with Gasteiger partial charge in [-0.3, -0.25) is 4.79 Å². The van der Waals surface area contributed by atoms with Crippen molar-refractivity contribution in [3.63, 3.8) is 0 Å². The van der Waals surface area contributed by atoms with Crippen molar-refractivity contribution < 1.29 is 9.53 Å². The summed E-state index contributed by atoms with van der Waals surface area (Å²) in [5.74, 6) is 0.701. The summed E-state index contributed by atoms with van der Waals surface area (Å²) in [4.78, 5) is 16.5. The van der Waals surface area contributed by atoms with Gasteiger partial charge in [0.15, 0.2) is 11.2 Å². The zero-order valence-electron chi connectivity index (χ0n) is 18.4. The second-order valence-corrected chi connectivity index (χ2v) is 8.65. The van der Waals surface area contributed by atoms with E-state index in [1.54, 1.807) is 9.20 Å². The lowest BCUT2D eigenvalue weighted by molar-refractivity contribution is -0.139. The third-order valence-electron chi connectivity index (χ3n) is 5.19. The molecule has 33 heavy (non-hydrogen) atoms. The number of hydrogen-bond acceptors (Lipinski definition) is 8. The number of thioether (sulfide) groups is 1. The van der Waals surface area contributed by atoms with Crippen LogP contribution in [0.15, 0.2) is 53.7 Å². The van der Waals surface area contributed by atoms with Crippen LogP contribution in [0.3, 0.4) is 0 Å². The molecule has 0 radical (unpaired) electrons. The Bertz CT molecular complexity index is 1470. The Kier molecular flexibility index (Phi) is 5.51. The summed E-state index contributed by atoms with van der Waals surface area (Å²) in [5.41, 5.74) is 5.90. The maximum atomic E-state index is 12.0. The van der Waals surface area contributed by atoms with Gasteiger partial charge >= 0.3 is 5.97 Å². The van der Waals surface area contributed by atoms with Gasteiger partial charge in [0.1, 0.15) is 5.69 Å². The van der Waals surface area contributed by atoms with E-state index in [1.165, 1.54) is 30.0 Å². The highest BCUT2D eigenvalue weighted by atomic mass is 32.2. The first-order valence-electron chi connectivity index (χ1n) is 10.3. The highest BCUT2D eigenvalue weighted by Crippen LogP contribution is 2.24. The lowest BCUT2D eigenvalue weighted by atomic mass is 10.2. The lowest BCUT2D eigenvalue weighted by Crippen LogP contribution is -2.06. The minimum absolute atomic E-state index is 0.0181. The van der Waals surface area contributed by atoms with E-state index in [1.807, 2.05) is 37.3 Å². The number of carbonyl (C=O) groups is 1. The predicted molar refractivity (Wildman–Crippen MR) is 124 cm³/mol. The third kappa shape index (κ3) is 4.17. The van der Waals surface area contributed by atoms with Gasteiger partial charge < -0.3 is 4.74 Å². The molecule has 9 nitrogen and oxygen atoms in total. The van der Waals surface area contributed by atoms with E-state index in [4.69, 9.17) is 4.74 Å². The molecule has 0 N–H and O–H groups in total. The van der Waals surface area contributed by atoms with Crippen LogP contribution in [0.1, 0.15) is 22.4 Å². The van der Waals surface area contributed by atoms with E-state index < -0.39 is 5.97 Å². The molecule has 0 unspecified atom stereocenters. The fourth-order valence-electron chi connectivity index (χ4n) is 3.53. The van der Waals surface area contributed by atoms with E-state index in [0.29, 0.717) is 27.8 Å². The van der Waals surface area contributed by atoms with Gasteiger partial charge in [0, 0.05) is 5.75 Å². The predicted octanol–water partition coefficient (Wildman–Crippen LogP) is 3.48. The number of benzene rings is 2. The summed E-state index contributed by atoms with van der Waals surface area (Å²) >= 11 is 1.53. The molecule has 166 valence electrons. The molecule has 0 saturated heterocycles. The number of methoxy groups -OCH3 is 1. The molecule has 0 atom stereocenters. The molecule has 0 amide bonds. The molecular weight excluding hydrogens is 438 g/mol. The topological polar surface area (TPSA) is 100 Å². The Morgan fingerprint density at radius 2 is 1.85 bits per heavy atom. The van der Waals surface area contributed by atoms with E-state index in [9.17, 15) is 4.79 Å². The average Bonchev–Trinajstić information content (AvgIpc) is 3.39.